The number of Topliss-reactive ketones (excluding diaryl/α,β-unsaturated/α-hetero) is 1. The van der Waals surface area contributed by atoms with Gasteiger partial charge in [-0.1, -0.05) is 24.3 Å². The third-order valence-electron chi connectivity index (χ3n) is 3.56. The molecule has 0 aromatic heterocycles. The van der Waals surface area contributed by atoms with Crippen molar-refractivity contribution in [2.45, 2.75) is 26.6 Å². The van der Waals surface area contributed by atoms with E-state index in [-0.39, 0.29) is 11.5 Å². The predicted molar refractivity (Wildman–Crippen MR) is 75.4 cm³/mol. The topological polar surface area (TPSA) is 55.8 Å². The van der Waals surface area contributed by atoms with Crippen molar-refractivity contribution in [3.05, 3.63) is 35.4 Å². The molecule has 1 N–H and O–H groups in total. The molecule has 20 heavy (non-hydrogen) atoms. The quantitative estimate of drug-likeness (QED) is 0.872. The number of carbonyl (C=O) groups is 1. The van der Waals surface area contributed by atoms with E-state index < -0.39 is 6.29 Å². The number of ether oxygens (including phenoxy) is 2. The van der Waals surface area contributed by atoms with Crippen LogP contribution in [-0.4, -0.2) is 23.8 Å². The molecule has 1 atom stereocenters. The summed E-state index contributed by atoms with van der Waals surface area (Å²) in [5.74, 6) is 0.528. The van der Waals surface area contributed by atoms with Crippen LogP contribution in [0.3, 0.4) is 0 Å². The summed E-state index contributed by atoms with van der Waals surface area (Å²) >= 11 is 0. The van der Waals surface area contributed by atoms with Crippen LogP contribution < -0.4 is 4.74 Å². The predicted octanol–water partition coefficient (Wildman–Crippen LogP) is 3.05. The average molecular weight is 272 g/mol. The van der Waals surface area contributed by atoms with Crippen LogP contribution in [0.2, 0.25) is 0 Å². The fraction of sp³-hybridized carbons (Fsp3) is 0.312. The van der Waals surface area contributed by atoms with Gasteiger partial charge in [0.1, 0.15) is 11.5 Å². The highest BCUT2D eigenvalue weighted by atomic mass is 16.7. The van der Waals surface area contributed by atoms with Crippen LogP contribution in [0.1, 0.15) is 29.8 Å². The zero-order valence-corrected chi connectivity index (χ0v) is 11.5. The number of hydrogen-bond donors (Lipinski definition) is 1. The molecule has 1 aliphatic heterocycles. The molecule has 2 aromatic carbocycles. The van der Waals surface area contributed by atoms with Crippen molar-refractivity contribution in [3.8, 4) is 11.5 Å². The summed E-state index contributed by atoms with van der Waals surface area (Å²) in [6, 6.07) is 7.38. The Balaban J connectivity index is 2.28. The molecule has 0 amide bonds. The summed E-state index contributed by atoms with van der Waals surface area (Å²) in [6.45, 7) is 3.89. The third-order valence-corrected chi connectivity index (χ3v) is 3.56. The van der Waals surface area contributed by atoms with Crippen molar-refractivity contribution in [1.82, 2.24) is 0 Å². The molecule has 104 valence electrons. The van der Waals surface area contributed by atoms with Crippen LogP contribution in [0, 0.1) is 0 Å². The molecular formula is C16H16O4. The molecule has 0 radical (unpaired) electrons. The first-order valence-corrected chi connectivity index (χ1v) is 6.69. The Morgan fingerprint density at radius 1 is 1.40 bits per heavy atom. The molecule has 0 fully saturated rings. The van der Waals surface area contributed by atoms with Crippen molar-refractivity contribution in [2.24, 2.45) is 0 Å². The van der Waals surface area contributed by atoms with Gasteiger partial charge < -0.3 is 14.6 Å². The minimum atomic E-state index is -0.390. The first-order chi connectivity index (χ1) is 9.63. The number of aromatic hydroxyl groups is 1. The first kappa shape index (κ1) is 12.9. The second kappa shape index (κ2) is 4.80. The van der Waals surface area contributed by atoms with E-state index in [1.807, 2.05) is 25.1 Å². The second-order valence-electron chi connectivity index (χ2n) is 4.84. The molecule has 0 spiro atoms. The SMILES string of the molecule is CCOC1Cc2c(C(C)=O)c(O)c3ccccc3c2O1. The van der Waals surface area contributed by atoms with Gasteiger partial charge in [0.25, 0.3) is 0 Å². The molecule has 3 rings (SSSR count). The Hall–Kier alpha value is -2.07. The Kier molecular flexibility index (Phi) is 3.10. The van der Waals surface area contributed by atoms with E-state index in [2.05, 4.69) is 0 Å². The molecule has 1 aliphatic rings. The van der Waals surface area contributed by atoms with E-state index in [4.69, 9.17) is 9.47 Å². The Morgan fingerprint density at radius 2 is 2.10 bits per heavy atom. The van der Waals surface area contributed by atoms with Crippen LogP contribution in [0.25, 0.3) is 10.8 Å². The number of rotatable bonds is 3. The molecule has 0 bridgehead atoms. The minimum Gasteiger partial charge on any atom is -0.507 e. The van der Waals surface area contributed by atoms with Gasteiger partial charge in [0.2, 0.25) is 6.29 Å². The van der Waals surface area contributed by atoms with Gasteiger partial charge in [0, 0.05) is 29.4 Å². The lowest BCUT2D eigenvalue weighted by molar-refractivity contribution is -0.0596. The number of carbonyl (C=O) groups excluding carboxylic acids is 1. The number of phenols is 1. The lowest BCUT2D eigenvalue weighted by Crippen LogP contribution is -2.17. The van der Waals surface area contributed by atoms with Gasteiger partial charge in [-0.2, -0.15) is 0 Å². The smallest absolute Gasteiger partial charge is 0.204 e. The third kappa shape index (κ3) is 1.84. The molecule has 0 saturated carbocycles. The molecule has 1 heterocycles. The lowest BCUT2D eigenvalue weighted by Gasteiger charge is -2.12. The summed E-state index contributed by atoms with van der Waals surface area (Å²) in [6.07, 6.45) is 0.0922. The average Bonchev–Trinajstić information content (AvgIpc) is 2.82. The van der Waals surface area contributed by atoms with E-state index in [0.717, 1.165) is 10.9 Å². The van der Waals surface area contributed by atoms with E-state index >= 15 is 0 Å². The van der Waals surface area contributed by atoms with Crippen LogP contribution in [0.4, 0.5) is 0 Å². The Morgan fingerprint density at radius 3 is 2.75 bits per heavy atom. The van der Waals surface area contributed by atoms with Gasteiger partial charge in [-0.15, -0.1) is 0 Å². The van der Waals surface area contributed by atoms with Crippen LogP contribution in [0.5, 0.6) is 11.5 Å². The fourth-order valence-electron chi connectivity index (χ4n) is 2.77. The zero-order chi connectivity index (χ0) is 14.3. The van der Waals surface area contributed by atoms with Gasteiger partial charge in [-0.05, 0) is 13.8 Å². The highest BCUT2D eigenvalue weighted by molar-refractivity contribution is 6.08. The second-order valence-corrected chi connectivity index (χ2v) is 4.84. The molecule has 0 aliphatic carbocycles. The standard InChI is InChI=1S/C16H16O4/c1-3-19-13-8-12-14(9(2)17)15(18)10-6-4-5-7-11(10)16(12)20-13/h4-7,13,18H,3,8H2,1-2H3. The number of fused-ring (bicyclic) bond motifs is 3. The zero-order valence-electron chi connectivity index (χ0n) is 11.5. The highest BCUT2D eigenvalue weighted by Gasteiger charge is 2.31. The van der Waals surface area contributed by atoms with Gasteiger partial charge >= 0.3 is 0 Å². The van der Waals surface area contributed by atoms with Gasteiger partial charge in [0.05, 0.1) is 5.56 Å². The van der Waals surface area contributed by atoms with Crippen molar-refractivity contribution < 1.29 is 19.4 Å². The van der Waals surface area contributed by atoms with Crippen molar-refractivity contribution in [2.75, 3.05) is 6.61 Å². The first-order valence-electron chi connectivity index (χ1n) is 6.69. The highest BCUT2D eigenvalue weighted by Crippen LogP contribution is 2.44. The number of phenolic OH excluding ortho intramolecular Hbond substituents is 1. The Bertz CT molecular complexity index is 690. The van der Waals surface area contributed by atoms with E-state index in [9.17, 15) is 9.90 Å². The summed E-state index contributed by atoms with van der Waals surface area (Å²) in [4.78, 5) is 11.9. The monoisotopic (exact) mass is 272 g/mol. The van der Waals surface area contributed by atoms with Crippen LogP contribution in [0.15, 0.2) is 24.3 Å². The maximum atomic E-state index is 11.9. The molecular weight excluding hydrogens is 256 g/mol. The lowest BCUT2D eigenvalue weighted by atomic mass is 9.95. The molecule has 1 unspecified atom stereocenters. The Labute approximate surface area is 116 Å². The van der Waals surface area contributed by atoms with Gasteiger partial charge in [0.15, 0.2) is 5.78 Å². The summed E-state index contributed by atoms with van der Waals surface area (Å²) in [5.41, 5.74) is 1.09. The molecule has 2 aromatic rings. The molecule has 4 nitrogen and oxygen atoms in total. The van der Waals surface area contributed by atoms with Crippen LogP contribution >= 0.6 is 0 Å². The van der Waals surface area contributed by atoms with Gasteiger partial charge in [-0.3, -0.25) is 4.79 Å². The van der Waals surface area contributed by atoms with E-state index in [1.54, 1.807) is 6.07 Å². The number of benzene rings is 2. The number of hydrogen-bond acceptors (Lipinski definition) is 4. The molecule has 4 heteroatoms. The van der Waals surface area contributed by atoms with Gasteiger partial charge in [-0.25, -0.2) is 0 Å². The number of ketones is 1. The fourth-order valence-corrected chi connectivity index (χ4v) is 2.77. The van der Waals surface area contributed by atoms with Crippen molar-refractivity contribution in [1.29, 1.82) is 0 Å². The normalized spacial score (nSPS) is 17.0. The maximum absolute atomic E-state index is 11.9. The molecule has 0 saturated heterocycles. The van der Waals surface area contributed by atoms with Crippen molar-refractivity contribution in [3.63, 3.8) is 0 Å². The van der Waals surface area contributed by atoms with E-state index in [1.165, 1.54) is 6.92 Å². The largest absolute Gasteiger partial charge is 0.507 e. The summed E-state index contributed by atoms with van der Waals surface area (Å²) < 4.78 is 11.3. The van der Waals surface area contributed by atoms with Crippen molar-refractivity contribution >= 4 is 16.6 Å². The minimum absolute atomic E-state index is 0.0348. The summed E-state index contributed by atoms with van der Waals surface area (Å²) in [7, 11) is 0. The van der Waals surface area contributed by atoms with Crippen LogP contribution in [-0.2, 0) is 11.2 Å². The van der Waals surface area contributed by atoms with E-state index in [0.29, 0.717) is 29.7 Å². The maximum Gasteiger partial charge on any atom is 0.204 e. The summed E-state index contributed by atoms with van der Waals surface area (Å²) in [5, 5.41) is 11.8.